The number of amides is 2. The first-order valence-corrected chi connectivity index (χ1v) is 13.0. The van der Waals surface area contributed by atoms with Crippen LogP contribution in [0.2, 0.25) is 15.1 Å². The van der Waals surface area contributed by atoms with Crippen molar-refractivity contribution in [1.29, 1.82) is 0 Å². The monoisotopic (exact) mass is 567 g/mol. The maximum Gasteiger partial charge on any atom is 0.320 e. The molecule has 37 heavy (non-hydrogen) atoms. The van der Waals surface area contributed by atoms with E-state index in [-0.39, 0.29) is 12.1 Å². The number of urea groups is 1. The number of hydrogen-bond acceptors (Lipinski definition) is 5. The molecular formula is C26H32Cl3N5O3. The van der Waals surface area contributed by atoms with Crippen LogP contribution >= 0.6 is 34.8 Å². The summed E-state index contributed by atoms with van der Waals surface area (Å²) in [6.45, 7) is 4.64. The van der Waals surface area contributed by atoms with Gasteiger partial charge in [-0.15, -0.1) is 0 Å². The van der Waals surface area contributed by atoms with Crippen molar-refractivity contribution in [3.05, 3.63) is 87.9 Å². The number of halogens is 3. The second-order valence-electron chi connectivity index (χ2n) is 8.40. The Bertz CT molecular complexity index is 1060. The van der Waals surface area contributed by atoms with Crippen molar-refractivity contribution in [2.75, 3.05) is 46.4 Å². The average Bonchev–Trinajstić information content (AvgIpc) is 3.41. The Balaban J connectivity index is 0.000000405. The van der Waals surface area contributed by atoms with Crippen molar-refractivity contribution in [2.45, 2.75) is 19.4 Å². The number of carbonyl (C=O) groups is 1. The van der Waals surface area contributed by atoms with Crippen LogP contribution in [0.5, 0.6) is 0 Å². The first-order valence-electron chi connectivity index (χ1n) is 11.9. The second kappa shape index (κ2) is 15.8. The standard InChI is InChI=1S/C20H28ClN5O3.C6H4Cl2/c1-28-19(14-29-16-24-8-5-23-15-24)13-26(12-17-3-2-4-18(21)11-17)20(27)25-9-6-22-7-10-25;7-5-2-1-3-6(8)4-5/h2-5,8,11,15,19,22H,6-7,9-10,12-14,16H2,1H3;1-4H. The summed E-state index contributed by atoms with van der Waals surface area (Å²) in [6, 6.07) is 14.7. The van der Waals surface area contributed by atoms with Crippen molar-refractivity contribution >= 4 is 40.8 Å². The van der Waals surface area contributed by atoms with E-state index in [0.717, 1.165) is 18.7 Å². The number of methoxy groups -OCH3 is 1. The summed E-state index contributed by atoms with van der Waals surface area (Å²) in [5, 5.41) is 5.29. The molecule has 4 rings (SSSR count). The zero-order chi connectivity index (χ0) is 26.5. The van der Waals surface area contributed by atoms with Gasteiger partial charge in [-0.3, -0.25) is 0 Å². The van der Waals surface area contributed by atoms with Crippen molar-refractivity contribution in [3.63, 3.8) is 0 Å². The quantitative estimate of drug-likeness (QED) is 0.391. The molecule has 2 amide bonds. The maximum atomic E-state index is 13.2. The SMILES string of the molecule is COC(COCn1ccnc1)CN(Cc1cccc(Cl)c1)C(=O)N1CCNCC1.Clc1cccc(Cl)c1. The lowest BCUT2D eigenvalue weighted by molar-refractivity contribution is -0.0275. The Labute approximate surface area is 233 Å². The van der Waals surface area contributed by atoms with Gasteiger partial charge in [-0.1, -0.05) is 53.0 Å². The minimum Gasteiger partial charge on any atom is -0.377 e. The van der Waals surface area contributed by atoms with Crippen LogP contribution in [0.3, 0.4) is 0 Å². The summed E-state index contributed by atoms with van der Waals surface area (Å²) in [6.07, 6.45) is 4.99. The molecule has 8 nitrogen and oxygen atoms in total. The third kappa shape index (κ3) is 10.5. The van der Waals surface area contributed by atoms with Gasteiger partial charge in [0.25, 0.3) is 0 Å². The number of benzene rings is 2. The van der Waals surface area contributed by atoms with Crippen molar-refractivity contribution in [3.8, 4) is 0 Å². The van der Waals surface area contributed by atoms with E-state index in [1.807, 2.05) is 50.9 Å². The van der Waals surface area contributed by atoms with Gasteiger partial charge in [0.1, 0.15) is 6.73 Å². The highest BCUT2D eigenvalue weighted by molar-refractivity contribution is 6.34. The molecule has 1 fully saturated rings. The van der Waals surface area contributed by atoms with E-state index in [0.29, 0.717) is 54.6 Å². The van der Waals surface area contributed by atoms with Crippen LogP contribution in [0.15, 0.2) is 67.3 Å². The average molecular weight is 569 g/mol. The number of aromatic nitrogens is 2. The van der Waals surface area contributed by atoms with E-state index in [9.17, 15) is 4.79 Å². The zero-order valence-electron chi connectivity index (χ0n) is 20.7. The molecule has 1 aliphatic heterocycles. The lowest BCUT2D eigenvalue weighted by Crippen LogP contribution is -2.53. The molecule has 1 aromatic heterocycles. The number of nitrogens with zero attached hydrogens (tertiary/aromatic N) is 4. The maximum absolute atomic E-state index is 13.2. The Morgan fingerprint density at radius 2 is 1.76 bits per heavy atom. The molecule has 2 heterocycles. The fourth-order valence-electron chi connectivity index (χ4n) is 3.68. The highest BCUT2D eigenvalue weighted by Crippen LogP contribution is 2.16. The molecule has 0 aliphatic carbocycles. The predicted octanol–water partition coefficient (Wildman–Crippen LogP) is 5.05. The molecule has 2 aromatic carbocycles. The summed E-state index contributed by atoms with van der Waals surface area (Å²) in [5.74, 6) is 0. The van der Waals surface area contributed by atoms with Crippen LogP contribution < -0.4 is 5.32 Å². The normalized spacial score (nSPS) is 14.0. The number of ether oxygens (including phenoxy) is 2. The Morgan fingerprint density at radius 1 is 1.08 bits per heavy atom. The first-order chi connectivity index (χ1) is 17.9. The zero-order valence-corrected chi connectivity index (χ0v) is 23.0. The molecule has 0 saturated carbocycles. The first kappa shape index (κ1) is 29.2. The molecule has 1 N–H and O–H groups in total. The van der Waals surface area contributed by atoms with Gasteiger partial charge in [-0.05, 0) is 35.9 Å². The summed E-state index contributed by atoms with van der Waals surface area (Å²) in [7, 11) is 1.64. The molecule has 1 atom stereocenters. The minimum absolute atomic E-state index is 0.00290. The summed E-state index contributed by atoms with van der Waals surface area (Å²) < 4.78 is 13.2. The van der Waals surface area contributed by atoms with Crippen LogP contribution in [0.4, 0.5) is 4.79 Å². The number of hydrogen-bond donors (Lipinski definition) is 1. The van der Waals surface area contributed by atoms with Gasteiger partial charge in [-0.2, -0.15) is 0 Å². The highest BCUT2D eigenvalue weighted by atomic mass is 35.5. The van der Waals surface area contributed by atoms with Crippen molar-refractivity contribution in [2.24, 2.45) is 0 Å². The minimum atomic E-state index is -0.246. The van der Waals surface area contributed by atoms with E-state index < -0.39 is 0 Å². The second-order valence-corrected chi connectivity index (χ2v) is 9.71. The van der Waals surface area contributed by atoms with Crippen molar-refractivity contribution in [1.82, 2.24) is 24.7 Å². The lowest BCUT2D eigenvalue weighted by atomic mass is 10.2. The third-order valence-electron chi connectivity index (χ3n) is 5.57. The van der Waals surface area contributed by atoms with Gasteiger partial charge >= 0.3 is 6.03 Å². The van der Waals surface area contributed by atoms with E-state index in [1.54, 1.807) is 37.8 Å². The lowest BCUT2D eigenvalue weighted by Gasteiger charge is -2.35. The molecule has 0 spiro atoms. The Hall–Kier alpha value is -2.33. The molecule has 0 radical (unpaired) electrons. The molecule has 200 valence electrons. The predicted molar refractivity (Wildman–Crippen MR) is 147 cm³/mol. The van der Waals surface area contributed by atoms with Crippen LogP contribution in [-0.4, -0.2) is 77.9 Å². The number of rotatable bonds is 9. The van der Waals surface area contributed by atoms with Crippen LogP contribution in [-0.2, 0) is 22.7 Å². The Morgan fingerprint density at radius 3 is 2.32 bits per heavy atom. The van der Waals surface area contributed by atoms with Crippen LogP contribution in [0.25, 0.3) is 0 Å². The number of nitrogens with one attached hydrogen (secondary N) is 1. The van der Waals surface area contributed by atoms with Gasteiger partial charge in [0.2, 0.25) is 0 Å². The number of carbonyl (C=O) groups excluding carboxylic acids is 1. The van der Waals surface area contributed by atoms with Gasteiger partial charge in [0, 0.05) is 67.3 Å². The largest absolute Gasteiger partial charge is 0.377 e. The molecule has 3 aromatic rings. The summed E-state index contributed by atoms with van der Waals surface area (Å²) in [4.78, 5) is 20.9. The van der Waals surface area contributed by atoms with Crippen molar-refractivity contribution < 1.29 is 14.3 Å². The molecule has 0 bridgehead atoms. The highest BCUT2D eigenvalue weighted by Gasteiger charge is 2.25. The van der Waals surface area contributed by atoms with Gasteiger partial charge in [0.05, 0.1) is 25.6 Å². The molecule has 1 aliphatic rings. The van der Waals surface area contributed by atoms with Gasteiger partial charge < -0.3 is 29.2 Å². The van der Waals surface area contributed by atoms with Crippen LogP contribution in [0.1, 0.15) is 5.56 Å². The number of imidazole rings is 1. The van der Waals surface area contributed by atoms with Gasteiger partial charge in [-0.25, -0.2) is 9.78 Å². The molecule has 1 unspecified atom stereocenters. The smallest absolute Gasteiger partial charge is 0.320 e. The van der Waals surface area contributed by atoms with E-state index >= 15 is 0 Å². The van der Waals surface area contributed by atoms with Crippen LogP contribution in [0, 0.1) is 0 Å². The number of piperazine rings is 1. The molecular weight excluding hydrogens is 537 g/mol. The third-order valence-corrected chi connectivity index (χ3v) is 6.27. The molecule has 1 saturated heterocycles. The fourth-order valence-corrected chi connectivity index (χ4v) is 4.33. The van der Waals surface area contributed by atoms with Gasteiger partial charge in [0.15, 0.2) is 0 Å². The van der Waals surface area contributed by atoms with E-state index in [2.05, 4.69) is 10.3 Å². The topological polar surface area (TPSA) is 71.9 Å². The van der Waals surface area contributed by atoms with E-state index in [1.165, 1.54) is 0 Å². The Kier molecular flexibility index (Phi) is 12.5. The fraction of sp³-hybridized carbons (Fsp3) is 0.385. The molecule has 11 heteroatoms. The van der Waals surface area contributed by atoms with E-state index in [4.69, 9.17) is 44.3 Å². The summed E-state index contributed by atoms with van der Waals surface area (Å²) in [5.41, 5.74) is 0.982. The summed E-state index contributed by atoms with van der Waals surface area (Å²) >= 11 is 17.3.